The molecule has 0 nitrogen and oxygen atoms in total. The SMILES string of the molecule is Fc1cccc2cc3cc4ccccc4cc3cc12. The first-order valence-corrected chi connectivity index (χ1v) is 6.32. The summed E-state index contributed by atoms with van der Waals surface area (Å²) in [7, 11) is 0. The Morgan fingerprint density at radius 3 is 1.84 bits per heavy atom. The fraction of sp³-hybridized carbons (Fsp3) is 0. The lowest BCUT2D eigenvalue weighted by Crippen LogP contribution is -1.81. The molecule has 0 saturated heterocycles. The average Bonchev–Trinajstić information content (AvgIpc) is 2.44. The van der Waals surface area contributed by atoms with E-state index in [9.17, 15) is 4.39 Å². The maximum absolute atomic E-state index is 13.8. The number of fused-ring (bicyclic) bond motifs is 3. The molecular weight excluding hydrogens is 235 g/mol. The molecule has 4 aromatic carbocycles. The van der Waals surface area contributed by atoms with E-state index in [0.29, 0.717) is 5.39 Å². The highest BCUT2D eigenvalue weighted by Gasteiger charge is 2.03. The van der Waals surface area contributed by atoms with Crippen LogP contribution in [0.25, 0.3) is 32.3 Å². The first kappa shape index (κ1) is 10.5. The zero-order valence-electron chi connectivity index (χ0n) is 10.2. The first-order chi connectivity index (χ1) is 9.31. The van der Waals surface area contributed by atoms with Crippen LogP contribution in [0.5, 0.6) is 0 Å². The number of halogens is 1. The second kappa shape index (κ2) is 3.79. The van der Waals surface area contributed by atoms with Gasteiger partial charge in [0.1, 0.15) is 5.82 Å². The van der Waals surface area contributed by atoms with Gasteiger partial charge in [0, 0.05) is 5.39 Å². The molecule has 0 saturated carbocycles. The van der Waals surface area contributed by atoms with E-state index in [2.05, 4.69) is 30.3 Å². The van der Waals surface area contributed by atoms with Crippen molar-refractivity contribution >= 4 is 32.3 Å². The van der Waals surface area contributed by atoms with E-state index in [1.165, 1.54) is 16.8 Å². The van der Waals surface area contributed by atoms with Gasteiger partial charge in [-0.2, -0.15) is 0 Å². The fourth-order valence-corrected chi connectivity index (χ4v) is 2.68. The molecule has 0 unspecified atom stereocenters. The average molecular weight is 246 g/mol. The molecule has 0 aliphatic rings. The third-order valence-electron chi connectivity index (χ3n) is 3.65. The van der Waals surface area contributed by atoms with Crippen LogP contribution < -0.4 is 0 Å². The molecule has 0 aromatic heterocycles. The maximum atomic E-state index is 13.8. The molecule has 0 N–H and O–H groups in total. The minimum absolute atomic E-state index is 0.160. The molecule has 0 bridgehead atoms. The summed E-state index contributed by atoms with van der Waals surface area (Å²) in [6, 6.07) is 21.7. The molecule has 0 radical (unpaired) electrons. The minimum Gasteiger partial charge on any atom is -0.206 e. The monoisotopic (exact) mass is 246 g/mol. The van der Waals surface area contributed by atoms with Gasteiger partial charge in [-0.05, 0) is 57.3 Å². The fourth-order valence-electron chi connectivity index (χ4n) is 2.68. The van der Waals surface area contributed by atoms with Gasteiger partial charge < -0.3 is 0 Å². The van der Waals surface area contributed by atoms with Crippen LogP contribution in [0, 0.1) is 5.82 Å². The lowest BCUT2D eigenvalue weighted by atomic mass is 10.00. The van der Waals surface area contributed by atoms with E-state index in [0.717, 1.165) is 16.2 Å². The summed E-state index contributed by atoms with van der Waals surface area (Å²) in [5, 5.41) is 6.26. The van der Waals surface area contributed by atoms with Gasteiger partial charge in [0.05, 0.1) is 0 Å². The zero-order valence-corrected chi connectivity index (χ0v) is 10.2. The summed E-state index contributed by atoms with van der Waals surface area (Å²) in [4.78, 5) is 0. The zero-order chi connectivity index (χ0) is 12.8. The van der Waals surface area contributed by atoms with Crippen molar-refractivity contribution in [2.45, 2.75) is 0 Å². The van der Waals surface area contributed by atoms with Crippen molar-refractivity contribution in [1.29, 1.82) is 0 Å². The van der Waals surface area contributed by atoms with Crippen LogP contribution in [0.2, 0.25) is 0 Å². The maximum Gasteiger partial charge on any atom is 0.131 e. The summed E-state index contributed by atoms with van der Waals surface area (Å²) in [6.07, 6.45) is 0. The minimum atomic E-state index is -0.160. The van der Waals surface area contributed by atoms with Crippen molar-refractivity contribution in [3.63, 3.8) is 0 Å². The molecule has 1 heteroatoms. The molecule has 0 atom stereocenters. The number of hydrogen-bond acceptors (Lipinski definition) is 0. The van der Waals surface area contributed by atoms with Gasteiger partial charge >= 0.3 is 0 Å². The number of hydrogen-bond donors (Lipinski definition) is 0. The molecular formula is C18H11F. The van der Waals surface area contributed by atoms with Gasteiger partial charge in [-0.1, -0.05) is 36.4 Å². The molecule has 0 aliphatic heterocycles. The summed E-state index contributed by atoms with van der Waals surface area (Å²) >= 11 is 0. The lowest BCUT2D eigenvalue weighted by Gasteiger charge is -2.05. The normalized spacial score (nSPS) is 11.4. The second-order valence-electron chi connectivity index (χ2n) is 4.86. The van der Waals surface area contributed by atoms with Gasteiger partial charge in [0.15, 0.2) is 0 Å². The molecule has 0 spiro atoms. The molecule has 90 valence electrons. The highest BCUT2D eigenvalue weighted by molar-refractivity contribution is 6.04. The van der Waals surface area contributed by atoms with Gasteiger partial charge in [0.25, 0.3) is 0 Å². The number of rotatable bonds is 0. The van der Waals surface area contributed by atoms with Crippen LogP contribution in [0.4, 0.5) is 4.39 Å². The third kappa shape index (κ3) is 1.59. The smallest absolute Gasteiger partial charge is 0.131 e. The summed E-state index contributed by atoms with van der Waals surface area (Å²) in [5.41, 5.74) is 0. The standard InChI is InChI=1S/C18H11F/c19-18-7-3-6-14-10-15-8-12-4-1-2-5-13(12)9-16(15)11-17(14)18/h1-11H. The van der Waals surface area contributed by atoms with E-state index in [-0.39, 0.29) is 5.82 Å². The van der Waals surface area contributed by atoms with E-state index >= 15 is 0 Å². The van der Waals surface area contributed by atoms with Crippen molar-refractivity contribution < 1.29 is 4.39 Å². The summed E-state index contributed by atoms with van der Waals surface area (Å²) in [5.74, 6) is -0.160. The van der Waals surface area contributed by atoms with Crippen molar-refractivity contribution in [3.8, 4) is 0 Å². The van der Waals surface area contributed by atoms with Crippen LogP contribution >= 0.6 is 0 Å². The third-order valence-corrected chi connectivity index (χ3v) is 3.65. The number of benzene rings is 4. The van der Waals surface area contributed by atoms with Crippen LogP contribution in [0.15, 0.2) is 66.7 Å². The molecule has 4 rings (SSSR count). The molecule has 19 heavy (non-hydrogen) atoms. The van der Waals surface area contributed by atoms with E-state index in [1.54, 1.807) is 6.07 Å². The van der Waals surface area contributed by atoms with Gasteiger partial charge in [-0.15, -0.1) is 0 Å². The largest absolute Gasteiger partial charge is 0.206 e. The Morgan fingerprint density at radius 1 is 0.526 bits per heavy atom. The molecule has 0 fully saturated rings. The topological polar surface area (TPSA) is 0 Å². The predicted molar refractivity (Wildman–Crippen MR) is 78.9 cm³/mol. The quantitative estimate of drug-likeness (QED) is 0.370. The van der Waals surface area contributed by atoms with Gasteiger partial charge in [0.2, 0.25) is 0 Å². The Labute approximate surface area is 110 Å². The van der Waals surface area contributed by atoms with Crippen LogP contribution in [-0.2, 0) is 0 Å². The molecule has 0 heterocycles. The Morgan fingerprint density at radius 2 is 1.11 bits per heavy atom. The molecule has 0 amide bonds. The van der Waals surface area contributed by atoms with E-state index in [1.807, 2.05) is 24.3 Å². The summed E-state index contributed by atoms with van der Waals surface area (Å²) < 4.78 is 13.8. The van der Waals surface area contributed by atoms with Crippen LogP contribution in [0.1, 0.15) is 0 Å². The van der Waals surface area contributed by atoms with Gasteiger partial charge in [-0.3, -0.25) is 0 Å². The Balaban J connectivity index is 2.20. The Hall–Kier alpha value is -2.41. The predicted octanol–water partition coefficient (Wildman–Crippen LogP) is 5.29. The lowest BCUT2D eigenvalue weighted by molar-refractivity contribution is 0.640. The van der Waals surface area contributed by atoms with E-state index < -0.39 is 0 Å². The van der Waals surface area contributed by atoms with Crippen LogP contribution in [0.3, 0.4) is 0 Å². The van der Waals surface area contributed by atoms with E-state index in [4.69, 9.17) is 0 Å². The van der Waals surface area contributed by atoms with Crippen molar-refractivity contribution in [2.24, 2.45) is 0 Å². The highest BCUT2D eigenvalue weighted by Crippen LogP contribution is 2.28. The second-order valence-corrected chi connectivity index (χ2v) is 4.86. The molecule has 0 aliphatic carbocycles. The highest BCUT2D eigenvalue weighted by atomic mass is 19.1. The van der Waals surface area contributed by atoms with Crippen molar-refractivity contribution in [3.05, 3.63) is 72.5 Å². The summed E-state index contributed by atoms with van der Waals surface area (Å²) in [6.45, 7) is 0. The van der Waals surface area contributed by atoms with Crippen molar-refractivity contribution in [2.75, 3.05) is 0 Å². The van der Waals surface area contributed by atoms with Crippen LogP contribution in [-0.4, -0.2) is 0 Å². The Kier molecular flexibility index (Phi) is 2.10. The van der Waals surface area contributed by atoms with Crippen molar-refractivity contribution in [1.82, 2.24) is 0 Å². The Bertz CT molecular complexity index is 922. The van der Waals surface area contributed by atoms with Gasteiger partial charge in [-0.25, -0.2) is 4.39 Å². The molecule has 4 aromatic rings. The first-order valence-electron chi connectivity index (χ1n) is 6.32.